The number of halogens is 2. The number of carbonyl (C=O) groups is 1. The molecule has 0 aliphatic carbocycles. The molecule has 144 valence electrons. The maximum Gasteiger partial charge on any atom is 0.303 e. The molecule has 6 nitrogen and oxygen atoms in total. The van der Waals surface area contributed by atoms with Crippen molar-refractivity contribution >= 4 is 11.7 Å². The molecule has 1 saturated heterocycles. The van der Waals surface area contributed by atoms with Gasteiger partial charge in [-0.05, 0) is 12.0 Å². The van der Waals surface area contributed by atoms with Crippen molar-refractivity contribution in [3.8, 4) is 0 Å². The van der Waals surface area contributed by atoms with E-state index in [-0.39, 0.29) is 25.1 Å². The molecule has 0 amide bonds. The lowest BCUT2D eigenvalue weighted by molar-refractivity contribution is -0.143. The smallest absolute Gasteiger partial charge is 0.303 e. The second-order valence-electron chi connectivity index (χ2n) is 6.78. The maximum atomic E-state index is 14.2. The average Bonchev–Trinajstić information content (AvgIpc) is 2.76. The Balaban J connectivity index is 1.74. The van der Waals surface area contributed by atoms with Gasteiger partial charge >= 0.3 is 5.97 Å². The lowest BCUT2D eigenvalue weighted by Gasteiger charge is -2.22. The molecule has 1 fully saturated rings. The Kier molecular flexibility index (Phi) is 5.53. The molecule has 0 radical (unpaired) electrons. The Labute approximate surface area is 155 Å². The van der Waals surface area contributed by atoms with E-state index in [9.17, 15) is 18.4 Å². The number of nitrogens with zero attached hydrogens (tertiary/aromatic N) is 3. The van der Waals surface area contributed by atoms with Crippen LogP contribution in [0.1, 0.15) is 24.8 Å². The predicted molar refractivity (Wildman–Crippen MR) is 96.2 cm³/mol. The number of carboxylic acid groups (broad SMARTS) is 1. The van der Waals surface area contributed by atoms with Crippen LogP contribution in [0.15, 0.2) is 47.4 Å². The zero-order valence-electron chi connectivity index (χ0n) is 14.7. The molecule has 1 aliphatic rings. The lowest BCUT2D eigenvalue weighted by atomic mass is 9.93. The summed E-state index contributed by atoms with van der Waals surface area (Å²) >= 11 is 0. The zero-order chi connectivity index (χ0) is 19.4. The normalized spacial score (nSPS) is 19.5. The summed E-state index contributed by atoms with van der Waals surface area (Å²) < 4.78 is 29.7. The van der Waals surface area contributed by atoms with Crippen LogP contribution in [-0.4, -0.2) is 39.9 Å². The van der Waals surface area contributed by atoms with Crippen molar-refractivity contribution in [2.45, 2.75) is 31.7 Å². The number of aliphatic carboxylic acids is 1. The molecule has 1 atom stereocenters. The number of hydrogen-bond acceptors (Lipinski definition) is 4. The third kappa shape index (κ3) is 4.69. The van der Waals surface area contributed by atoms with E-state index in [0.29, 0.717) is 12.2 Å². The van der Waals surface area contributed by atoms with Gasteiger partial charge in [0.15, 0.2) is 0 Å². The molecule has 2 aromatic rings. The Morgan fingerprint density at radius 1 is 1.26 bits per heavy atom. The van der Waals surface area contributed by atoms with E-state index in [4.69, 9.17) is 5.11 Å². The predicted octanol–water partition coefficient (Wildman–Crippen LogP) is 2.62. The number of rotatable bonds is 5. The number of anilines is 1. The van der Waals surface area contributed by atoms with Crippen molar-refractivity contribution in [2.24, 2.45) is 5.92 Å². The third-order valence-corrected chi connectivity index (χ3v) is 4.88. The number of alkyl halides is 2. The van der Waals surface area contributed by atoms with Gasteiger partial charge in [0.1, 0.15) is 0 Å². The van der Waals surface area contributed by atoms with E-state index in [0.717, 1.165) is 5.56 Å². The van der Waals surface area contributed by atoms with Gasteiger partial charge in [-0.3, -0.25) is 9.59 Å². The molecule has 1 unspecified atom stereocenters. The largest absolute Gasteiger partial charge is 0.481 e. The van der Waals surface area contributed by atoms with Crippen molar-refractivity contribution in [2.75, 3.05) is 18.0 Å². The van der Waals surface area contributed by atoms with Gasteiger partial charge in [0.25, 0.3) is 11.5 Å². The van der Waals surface area contributed by atoms with Crippen LogP contribution in [0.2, 0.25) is 0 Å². The SMILES string of the molecule is O=C(O)CC1CCN(c2cnn(Cc3ccccc3)c(=O)c2)CCC1(F)F. The molecule has 8 heteroatoms. The summed E-state index contributed by atoms with van der Waals surface area (Å²) in [6, 6.07) is 10.8. The first-order valence-electron chi connectivity index (χ1n) is 8.81. The van der Waals surface area contributed by atoms with E-state index >= 15 is 0 Å². The van der Waals surface area contributed by atoms with Gasteiger partial charge in [0.2, 0.25) is 0 Å². The number of hydrogen-bond donors (Lipinski definition) is 1. The van der Waals surface area contributed by atoms with Gasteiger partial charge in [-0.25, -0.2) is 13.5 Å². The van der Waals surface area contributed by atoms with Crippen LogP contribution in [0.3, 0.4) is 0 Å². The van der Waals surface area contributed by atoms with Crippen LogP contribution in [0.25, 0.3) is 0 Å². The second kappa shape index (κ2) is 7.85. The van der Waals surface area contributed by atoms with Crippen LogP contribution < -0.4 is 10.5 Å². The van der Waals surface area contributed by atoms with Gasteiger partial charge in [0, 0.05) is 31.5 Å². The quantitative estimate of drug-likeness (QED) is 0.867. The molecule has 0 spiro atoms. The van der Waals surface area contributed by atoms with Crippen molar-refractivity contribution < 1.29 is 18.7 Å². The van der Waals surface area contributed by atoms with Crippen molar-refractivity contribution in [3.05, 3.63) is 58.5 Å². The standard InChI is InChI=1S/C19H21F2N3O3/c20-19(21)7-9-23(8-6-15(19)10-18(26)27)16-11-17(25)24(22-12-16)13-14-4-2-1-3-5-14/h1-5,11-12,15H,6-10,13H2,(H,26,27). The minimum atomic E-state index is -3.04. The van der Waals surface area contributed by atoms with E-state index in [2.05, 4.69) is 5.10 Å². The first kappa shape index (κ1) is 19.0. The monoisotopic (exact) mass is 377 g/mol. The van der Waals surface area contributed by atoms with Crippen LogP contribution in [0.5, 0.6) is 0 Å². The topological polar surface area (TPSA) is 75.4 Å². The highest BCUT2D eigenvalue weighted by Crippen LogP contribution is 2.36. The molecule has 1 aromatic carbocycles. The van der Waals surface area contributed by atoms with Gasteiger partial charge in [0.05, 0.1) is 24.8 Å². The summed E-state index contributed by atoms with van der Waals surface area (Å²) in [6.45, 7) is 0.642. The van der Waals surface area contributed by atoms with E-state index in [1.54, 1.807) is 4.90 Å². The Bertz CT molecular complexity index is 855. The Morgan fingerprint density at radius 2 is 2.00 bits per heavy atom. The highest BCUT2D eigenvalue weighted by atomic mass is 19.3. The van der Waals surface area contributed by atoms with Crippen LogP contribution in [0.4, 0.5) is 14.5 Å². The molecule has 1 aliphatic heterocycles. The fraction of sp³-hybridized carbons (Fsp3) is 0.421. The van der Waals surface area contributed by atoms with Crippen LogP contribution in [-0.2, 0) is 11.3 Å². The summed E-state index contributed by atoms with van der Waals surface area (Å²) in [7, 11) is 0. The minimum absolute atomic E-state index is 0.0480. The van der Waals surface area contributed by atoms with Gasteiger partial charge < -0.3 is 10.0 Å². The highest BCUT2D eigenvalue weighted by Gasteiger charge is 2.42. The molecule has 3 rings (SSSR count). The summed E-state index contributed by atoms with van der Waals surface area (Å²) in [5.74, 6) is -5.47. The number of aromatic nitrogens is 2. The first-order chi connectivity index (χ1) is 12.8. The maximum absolute atomic E-state index is 14.2. The highest BCUT2D eigenvalue weighted by molar-refractivity contribution is 5.67. The molecule has 1 aromatic heterocycles. The second-order valence-corrected chi connectivity index (χ2v) is 6.78. The van der Waals surface area contributed by atoms with Crippen molar-refractivity contribution in [3.63, 3.8) is 0 Å². The van der Waals surface area contributed by atoms with E-state index < -0.39 is 30.7 Å². The number of benzene rings is 1. The summed E-state index contributed by atoms with van der Waals surface area (Å²) in [4.78, 5) is 24.9. The molecule has 1 N–H and O–H groups in total. The lowest BCUT2D eigenvalue weighted by Crippen LogP contribution is -2.30. The molecule has 2 heterocycles. The Morgan fingerprint density at radius 3 is 2.67 bits per heavy atom. The average molecular weight is 377 g/mol. The Hall–Kier alpha value is -2.77. The van der Waals surface area contributed by atoms with Crippen LogP contribution >= 0.6 is 0 Å². The zero-order valence-corrected chi connectivity index (χ0v) is 14.7. The molecular formula is C19H21F2N3O3. The summed E-state index contributed by atoms with van der Waals surface area (Å²) in [6.07, 6.45) is 0.544. The first-order valence-corrected chi connectivity index (χ1v) is 8.81. The molecule has 0 bridgehead atoms. The number of carboxylic acids is 1. The fourth-order valence-corrected chi connectivity index (χ4v) is 3.32. The van der Waals surface area contributed by atoms with E-state index in [1.165, 1.54) is 16.9 Å². The molecule has 0 saturated carbocycles. The molecule has 27 heavy (non-hydrogen) atoms. The van der Waals surface area contributed by atoms with Gasteiger partial charge in [-0.15, -0.1) is 0 Å². The van der Waals surface area contributed by atoms with Crippen LogP contribution in [0, 0.1) is 5.92 Å². The van der Waals surface area contributed by atoms with E-state index in [1.807, 2.05) is 30.3 Å². The van der Waals surface area contributed by atoms with Crippen molar-refractivity contribution in [1.82, 2.24) is 9.78 Å². The summed E-state index contributed by atoms with van der Waals surface area (Å²) in [5, 5.41) is 13.0. The van der Waals surface area contributed by atoms with Gasteiger partial charge in [-0.1, -0.05) is 30.3 Å². The fourth-order valence-electron chi connectivity index (χ4n) is 3.32. The van der Waals surface area contributed by atoms with Gasteiger partial charge in [-0.2, -0.15) is 5.10 Å². The molecular weight excluding hydrogens is 356 g/mol. The minimum Gasteiger partial charge on any atom is -0.481 e. The summed E-state index contributed by atoms with van der Waals surface area (Å²) in [5.41, 5.74) is 1.11. The van der Waals surface area contributed by atoms with Crippen molar-refractivity contribution in [1.29, 1.82) is 0 Å². The third-order valence-electron chi connectivity index (χ3n) is 4.88.